The van der Waals surface area contributed by atoms with Gasteiger partial charge in [-0.2, -0.15) is 0 Å². The van der Waals surface area contributed by atoms with E-state index in [2.05, 4.69) is 0 Å². The highest BCUT2D eigenvalue weighted by Gasteiger charge is 2.15. The van der Waals surface area contributed by atoms with Crippen molar-refractivity contribution in [2.24, 2.45) is 0 Å². The van der Waals surface area contributed by atoms with E-state index in [9.17, 15) is 9.90 Å². The molecule has 1 N–H and O–H groups in total. The summed E-state index contributed by atoms with van der Waals surface area (Å²) in [5.41, 5.74) is 1.12. The molecule has 0 unspecified atom stereocenters. The van der Waals surface area contributed by atoms with Gasteiger partial charge in [-0.05, 0) is 37.1 Å². The molecule has 0 radical (unpaired) electrons. The summed E-state index contributed by atoms with van der Waals surface area (Å²) in [5, 5.41) is 9.87. The van der Waals surface area contributed by atoms with E-state index in [1.54, 1.807) is 6.92 Å². The van der Waals surface area contributed by atoms with E-state index < -0.39 is 0 Å². The normalized spacial score (nSPS) is 10.8. The van der Waals surface area contributed by atoms with Crippen molar-refractivity contribution in [2.75, 3.05) is 0 Å². The predicted molar refractivity (Wildman–Crippen MR) is 84.8 cm³/mol. The van der Waals surface area contributed by atoms with Crippen molar-refractivity contribution in [3.05, 3.63) is 64.0 Å². The summed E-state index contributed by atoms with van der Waals surface area (Å²) in [4.78, 5) is 12.6. The van der Waals surface area contributed by atoms with Gasteiger partial charge in [-0.1, -0.05) is 25.1 Å². The Hall–Kier alpha value is -2.75. The fourth-order valence-corrected chi connectivity index (χ4v) is 2.40. The molecule has 2 aromatic carbocycles. The molecule has 1 aromatic heterocycles. The number of rotatable bonds is 3. The molecule has 0 aliphatic carbocycles. The van der Waals surface area contributed by atoms with E-state index in [1.165, 1.54) is 18.2 Å². The van der Waals surface area contributed by atoms with E-state index in [4.69, 9.17) is 9.15 Å². The highest BCUT2D eigenvalue weighted by Crippen LogP contribution is 2.29. The van der Waals surface area contributed by atoms with E-state index in [1.807, 2.05) is 31.2 Å². The van der Waals surface area contributed by atoms with Gasteiger partial charge in [0.15, 0.2) is 0 Å². The lowest BCUT2D eigenvalue weighted by atomic mass is 10.1. The summed E-state index contributed by atoms with van der Waals surface area (Å²) in [6.45, 7) is 3.70. The Morgan fingerprint density at radius 3 is 2.73 bits per heavy atom. The molecule has 0 saturated carbocycles. The molecular formula is C18H16O4. The smallest absolute Gasteiger partial charge is 0.235 e. The maximum Gasteiger partial charge on any atom is 0.235 e. The van der Waals surface area contributed by atoms with Crippen LogP contribution < -0.4 is 10.2 Å². The van der Waals surface area contributed by atoms with Crippen LogP contribution in [-0.4, -0.2) is 5.11 Å². The van der Waals surface area contributed by atoms with Crippen molar-refractivity contribution in [2.45, 2.75) is 20.3 Å². The number of para-hydroxylation sites is 1. The molecule has 22 heavy (non-hydrogen) atoms. The van der Waals surface area contributed by atoms with Crippen molar-refractivity contribution in [3.63, 3.8) is 0 Å². The summed E-state index contributed by atoms with van der Waals surface area (Å²) < 4.78 is 11.4. The van der Waals surface area contributed by atoms with Crippen molar-refractivity contribution in [1.82, 2.24) is 0 Å². The van der Waals surface area contributed by atoms with Crippen molar-refractivity contribution in [1.29, 1.82) is 0 Å². The van der Waals surface area contributed by atoms with Crippen LogP contribution in [-0.2, 0) is 6.42 Å². The lowest BCUT2D eigenvalue weighted by molar-refractivity contribution is 0.431. The average molecular weight is 296 g/mol. The standard InChI is InChI=1S/C18H16O4/c1-3-12-6-4-5-7-15(12)22-18-11(2)21-16-10-13(19)8-9-14(16)17(18)20/h4-10,19H,3H2,1-2H3. The third kappa shape index (κ3) is 2.44. The lowest BCUT2D eigenvalue weighted by Gasteiger charge is -2.11. The highest BCUT2D eigenvalue weighted by atomic mass is 16.5. The number of hydrogen-bond donors (Lipinski definition) is 1. The third-order valence-corrected chi connectivity index (χ3v) is 3.56. The van der Waals surface area contributed by atoms with Gasteiger partial charge in [0.05, 0.1) is 5.39 Å². The molecular weight excluding hydrogens is 280 g/mol. The van der Waals surface area contributed by atoms with Gasteiger partial charge in [0.1, 0.15) is 22.8 Å². The number of aryl methyl sites for hydroxylation is 2. The zero-order chi connectivity index (χ0) is 15.7. The SMILES string of the molecule is CCc1ccccc1Oc1c(C)oc2cc(O)ccc2c1=O. The van der Waals surface area contributed by atoms with Gasteiger partial charge in [-0.3, -0.25) is 4.79 Å². The fourth-order valence-electron chi connectivity index (χ4n) is 2.40. The Morgan fingerprint density at radius 2 is 1.95 bits per heavy atom. The minimum atomic E-state index is -0.246. The Kier molecular flexibility index (Phi) is 3.59. The van der Waals surface area contributed by atoms with Crippen molar-refractivity contribution >= 4 is 11.0 Å². The van der Waals surface area contributed by atoms with Crippen LogP contribution in [0.5, 0.6) is 17.2 Å². The van der Waals surface area contributed by atoms with Crippen LogP contribution in [0, 0.1) is 6.92 Å². The minimum absolute atomic E-state index is 0.0556. The zero-order valence-corrected chi connectivity index (χ0v) is 12.4. The summed E-state index contributed by atoms with van der Waals surface area (Å²) >= 11 is 0. The second kappa shape index (κ2) is 5.56. The second-order valence-corrected chi connectivity index (χ2v) is 5.06. The quantitative estimate of drug-likeness (QED) is 0.788. The third-order valence-electron chi connectivity index (χ3n) is 3.56. The number of fused-ring (bicyclic) bond motifs is 1. The van der Waals surface area contributed by atoms with Gasteiger partial charge in [0.2, 0.25) is 11.2 Å². The number of phenols is 1. The maximum absolute atomic E-state index is 12.6. The Labute approximate surface area is 127 Å². The fraction of sp³-hybridized carbons (Fsp3) is 0.167. The molecule has 3 aromatic rings. The number of ether oxygens (including phenoxy) is 1. The van der Waals surface area contributed by atoms with Crippen LogP contribution in [0.2, 0.25) is 0 Å². The summed E-state index contributed by atoms with van der Waals surface area (Å²) in [7, 11) is 0. The van der Waals surface area contributed by atoms with Gasteiger partial charge in [0.25, 0.3) is 0 Å². The number of aromatic hydroxyl groups is 1. The topological polar surface area (TPSA) is 59.7 Å². The van der Waals surface area contributed by atoms with Crippen LogP contribution in [0.1, 0.15) is 18.2 Å². The highest BCUT2D eigenvalue weighted by molar-refractivity contribution is 5.79. The molecule has 0 saturated heterocycles. The summed E-state index contributed by atoms with van der Waals surface area (Å²) in [6.07, 6.45) is 0.808. The zero-order valence-electron chi connectivity index (χ0n) is 12.4. The van der Waals surface area contributed by atoms with Gasteiger partial charge < -0.3 is 14.3 Å². The van der Waals surface area contributed by atoms with Crippen molar-refractivity contribution in [3.8, 4) is 17.2 Å². The molecule has 4 heteroatoms. The van der Waals surface area contributed by atoms with Gasteiger partial charge in [-0.15, -0.1) is 0 Å². The Balaban J connectivity index is 2.15. The molecule has 0 amide bonds. The number of hydrogen-bond acceptors (Lipinski definition) is 4. The van der Waals surface area contributed by atoms with Crippen molar-refractivity contribution < 1.29 is 14.3 Å². The minimum Gasteiger partial charge on any atom is -0.508 e. The molecule has 4 nitrogen and oxygen atoms in total. The van der Waals surface area contributed by atoms with Gasteiger partial charge >= 0.3 is 0 Å². The first-order chi connectivity index (χ1) is 10.6. The number of benzene rings is 2. The summed E-state index contributed by atoms with van der Waals surface area (Å²) in [5.74, 6) is 1.27. The first-order valence-corrected chi connectivity index (χ1v) is 7.12. The molecule has 3 rings (SSSR count). The molecule has 0 spiro atoms. The molecule has 0 atom stereocenters. The largest absolute Gasteiger partial charge is 0.508 e. The molecule has 0 aliphatic heterocycles. The monoisotopic (exact) mass is 296 g/mol. The molecule has 0 fully saturated rings. The maximum atomic E-state index is 12.6. The Bertz CT molecular complexity index is 893. The molecule has 1 heterocycles. The van der Waals surface area contributed by atoms with Gasteiger partial charge in [-0.25, -0.2) is 0 Å². The lowest BCUT2D eigenvalue weighted by Crippen LogP contribution is -2.08. The van der Waals surface area contributed by atoms with E-state index in [-0.39, 0.29) is 16.9 Å². The molecule has 0 aliphatic rings. The van der Waals surface area contributed by atoms with Gasteiger partial charge in [0, 0.05) is 6.07 Å². The van der Waals surface area contributed by atoms with Crippen LogP contribution in [0.4, 0.5) is 0 Å². The van der Waals surface area contributed by atoms with Crippen LogP contribution in [0.25, 0.3) is 11.0 Å². The van der Waals surface area contributed by atoms with E-state index in [0.29, 0.717) is 22.5 Å². The second-order valence-electron chi connectivity index (χ2n) is 5.06. The summed E-state index contributed by atoms with van der Waals surface area (Å²) in [6, 6.07) is 12.0. The first kappa shape index (κ1) is 14.2. The number of phenolic OH excluding ortho intramolecular Hbond substituents is 1. The molecule has 0 bridgehead atoms. The van der Waals surface area contributed by atoms with Crippen LogP contribution >= 0.6 is 0 Å². The van der Waals surface area contributed by atoms with E-state index >= 15 is 0 Å². The molecule has 112 valence electrons. The first-order valence-electron chi connectivity index (χ1n) is 7.12. The predicted octanol–water partition coefficient (Wildman–Crippen LogP) is 4.16. The van der Waals surface area contributed by atoms with E-state index in [0.717, 1.165) is 12.0 Å². The average Bonchev–Trinajstić information content (AvgIpc) is 2.51. The van der Waals surface area contributed by atoms with Crippen LogP contribution in [0.3, 0.4) is 0 Å². The Morgan fingerprint density at radius 1 is 1.18 bits per heavy atom. The van der Waals surface area contributed by atoms with Crippen LogP contribution in [0.15, 0.2) is 51.7 Å².